The molecule has 2 aliphatic heterocycles. The zero-order valence-corrected chi connectivity index (χ0v) is 22.8. The Balaban J connectivity index is 1.59. The molecule has 2 saturated heterocycles. The Kier molecular flexibility index (Phi) is 6.92. The van der Waals surface area contributed by atoms with Crippen molar-refractivity contribution in [1.82, 2.24) is 4.90 Å². The van der Waals surface area contributed by atoms with Gasteiger partial charge >= 0.3 is 0 Å². The molecule has 3 aromatic carbocycles. The molecule has 0 radical (unpaired) electrons. The second kappa shape index (κ2) is 10.1. The van der Waals surface area contributed by atoms with Crippen molar-refractivity contribution in [3.05, 3.63) is 99.0 Å². The van der Waals surface area contributed by atoms with Crippen molar-refractivity contribution in [3.8, 4) is 0 Å². The number of nitrogens with zero attached hydrogens (tertiary/aromatic N) is 3. The zero-order valence-electron chi connectivity index (χ0n) is 21.2. The average molecular weight is 560 g/mol. The van der Waals surface area contributed by atoms with E-state index in [-0.39, 0.29) is 11.3 Å². The molecule has 0 spiro atoms. The molecule has 3 aromatic rings. The van der Waals surface area contributed by atoms with Gasteiger partial charge in [-0.05, 0) is 68.4 Å². The first-order valence-corrected chi connectivity index (χ1v) is 13.2. The Hall–Kier alpha value is -3.42. The number of amides is 1. The van der Waals surface area contributed by atoms with Crippen LogP contribution < -0.4 is 9.80 Å². The van der Waals surface area contributed by atoms with Gasteiger partial charge in [0.15, 0.2) is 0 Å². The van der Waals surface area contributed by atoms with Crippen molar-refractivity contribution in [2.24, 2.45) is 0 Å². The van der Waals surface area contributed by atoms with E-state index in [0.29, 0.717) is 11.3 Å². The fourth-order valence-corrected chi connectivity index (χ4v) is 5.34. The molecular formula is C30H30BrN3O3. The lowest BCUT2D eigenvalue weighted by molar-refractivity contribution is -0.132. The molecule has 37 heavy (non-hydrogen) atoms. The maximum absolute atomic E-state index is 13.5. The van der Waals surface area contributed by atoms with Gasteiger partial charge in [-0.1, -0.05) is 51.8 Å². The highest BCUT2D eigenvalue weighted by atomic mass is 79.9. The number of likely N-dealkylation sites (N-methyl/N-ethyl adjacent to an activating group) is 1. The largest absolute Gasteiger partial charge is 0.507 e. The molecule has 0 aromatic heterocycles. The number of benzene rings is 3. The molecule has 0 bridgehead atoms. The predicted octanol–water partition coefficient (Wildman–Crippen LogP) is 5.44. The summed E-state index contributed by atoms with van der Waals surface area (Å²) in [6, 6.07) is 20.2. The van der Waals surface area contributed by atoms with Crippen LogP contribution >= 0.6 is 15.9 Å². The Morgan fingerprint density at radius 2 is 1.57 bits per heavy atom. The van der Waals surface area contributed by atoms with Crippen LogP contribution in [0.3, 0.4) is 0 Å². The number of hydrogen-bond acceptors (Lipinski definition) is 5. The van der Waals surface area contributed by atoms with Gasteiger partial charge in [0.2, 0.25) is 0 Å². The number of Topliss-reactive ketones (excluding diaryl/α,β-unsaturated/α-hetero) is 1. The molecular weight excluding hydrogens is 530 g/mol. The van der Waals surface area contributed by atoms with Gasteiger partial charge in [0, 0.05) is 47.6 Å². The third kappa shape index (κ3) is 4.81. The van der Waals surface area contributed by atoms with Crippen molar-refractivity contribution < 1.29 is 14.7 Å². The maximum Gasteiger partial charge on any atom is 0.300 e. The molecule has 1 unspecified atom stereocenters. The maximum atomic E-state index is 13.5. The Morgan fingerprint density at radius 3 is 2.22 bits per heavy atom. The quantitative estimate of drug-likeness (QED) is 0.262. The van der Waals surface area contributed by atoms with E-state index in [9.17, 15) is 14.7 Å². The monoisotopic (exact) mass is 559 g/mol. The highest BCUT2D eigenvalue weighted by Gasteiger charge is 2.47. The number of halogens is 1. The summed E-state index contributed by atoms with van der Waals surface area (Å²) in [6.07, 6.45) is 0. The van der Waals surface area contributed by atoms with Crippen molar-refractivity contribution >= 4 is 44.8 Å². The van der Waals surface area contributed by atoms with Crippen molar-refractivity contribution in [3.63, 3.8) is 0 Å². The molecule has 2 aliphatic rings. The molecule has 190 valence electrons. The first kappa shape index (κ1) is 25.2. The summed E-state index contributed by atoms with van der Waals surface area (Å²) < 4.78 is 0.903. The summed E-state index contributed by atoms with van der Waals surface area (Å²) in [6.45, 7) is 7.77. The van der Waals surface area contributed by atoms with E-state index >= 15 is 0 Å². The van der Waals surface area contributed by atoms with Crippen molar-refractivity contribution in [1.29, 1.82) is 0 Å². The van der Waals surface area contributed by atoms with Crippen molar-refractivity contribution in [2.75, 3.05) is 43.0 Å². The number of carbonyl (C=O) groups excluding carboxylic acids is 2. The molecule has 2 fully saturated rings. The first-order chi connectivity index (χ1) is 17.7. The minimum absolute atomic E-state index is 0.0977. The smallest absolute Gasteiger partial charge is 0.300 e. The number of carbonyl (C=O) groups is 2. The van der Waals surface area contributed by atoms with E-state index in [1.165, 1.54) is 4.90 Å². The lowest BCUT2D eigenvalue weighted by Crippen LogP contribution is -2.44. The highest BCUT2D eigenvalue weighted by molar-refractivity contribution is 9.10. The zero-order chi connectivity index (χ0) is 26.3. The van der Waals surface area contributed by atoms with Crippen molar-refractivity contribution in [2.45, 2.75) is 19.9 Å². The Morgan fingerprint density at radius 1 is 0.892 bits per heavy atom. The van der Waals surface area contributed by atoms with Crippen LogP contribution in [0.5, 0.6) is 0 Å². The number of piperazine rings is 1. The number of hydrogen-bond donors (Lipinski definition) is 1. The van der Waals surface area contributed by atoms with E-state index in [1.54, 1.807) is 6.07 Å². The summed E-state index contributed by atoms with van der Waals surface area (Å²) in [5, 5.41) is 11.4. The van der Waals surface area contributed by atoms with Gasteiger partial charge in [0.25, 0.3) is 11.7 Å². The van der Waals surface area contributed by atoms with Crippen LogP contribution in [0, 0.1) is 13.8 Å². The number of aliphatic hydroxyl groups is 1. The first-order valence-electron chi connectivity index (χ1n) is 12.4. The third-order valence-electron chi connectivity index (χ3n) is 7.23. The standard InChI is InChI=1S/C30H30BrN3O3/c1-19-5-4-6-21(17-19)27-26(28(35)22-7-12-25(31)20(2)18-22)29(36)30(37)34(27)24-10-8-23(9-11-24)33-15-13-32(3)14-16-33/h4-12,17-18,27,35H,13-16H2,1-3H3/b28-26-. The third-order valence-corrected chi connectivity index (χ3v) is 8.12. The van der Waals surface area contributed by atoms with Gasteiger partial charge in [0.1, 0.15) is 5.76 Å². The van der Waals surface area contributed by atoms with Crippen LogP contribution in [0.25, 0.3) is 5.76 Å². The fourth-order valence-electron chi connectivity index (χ4n) is 5.09. The topological polar surface area (TPSA) is 64.1 Å². The number of anilines is 2. The molecule has 1 atom stereocenters. The second-order valence-corrected chi connectivity index (χ2v) is 10.7. The van der Waals surface area contributed by atoms with Crippen LogP contribution in [0.2, 0.25) is 0 Å². The van der Waals surface area contributed by atoms with Crippen LogP contribution in [0.1, 0.15) is 28.3 Å². The molecule has 0 saturated carbocycles. The molecule has 6 nitrogen and oxygen atoms in total. The molecule has 1 amide bonds. The van der Waals surface area contributed by atoms with Crippen LogP contribution in [0.4, 0.5) is 11.4 Å². The second-order valence-electron chi connectivity index (χ2n) is 9.85. The van der Waals surface area contributed by atoms with E-state index in [1.807, 2.05) is 74.5 Å². The summed E-state index contributed by atoms with van der Waals surface area (Å²) >= 11 is 3.48. The lowest BCUT2D eigenvalue weighted by atomic mass is 9.94. The normalized spacial score (nSPS) is 20.1. The van der Waals surface area contributed by atoms with Crippen LogP contribution in [-0.4, -0.2) is 54.9 Å². The van der Waals surface area contributed by atoms with Gasteiger partial charge in [-0.2, -0.15) is 0 Å². The van der Waals surface area contributed by atoms with E-state index in [0.717, 1.165) is 53.0 Å². The van der Waals surface area contributed by atoms with Gasteiger partial charge in [-0.3, -0.25) is 14.5 Å². The van der Waals surface area contributed by atoms with Gasteiger partial charge < -0.3 is 14.9 Å². The minimum atomic E-state index is -0.738. The van der Waals surface area contributed by atoms with E-state index in [4.69, 9.17) is 0 Å². The predicted molar refractivity (Wildman–Crippen MR) is 151 cm³/mol. The van der Waals surface area contributed by atoms with Gasteiger partial charge in [0.05, 0.1) is 11.6 Å². The molecule has 2 heterocycles. The summed E-state index contributed by atoms with van der Waals surface area (Å²) in [4.78, 5) is 33.1. The SMILES string of the molecule is Cc1cccc(C2/C(=C(/O)c3ccc(Br)c(C)c3)C(=O)C(=O)N2c2ccc(N3CCN(C)CC3)cc2)c1. The summed E-state index contributed by atoms with van der Waals surface area (Å²) in [7, 11) is 2.12. The molecule has 1 N–H and O–H groups in total. The van der Waals surface area contributed by atoms with E-state index < -0.39 is 17.7 Å². The molecule has 7 heteroatoms. The summed E-state index contributed by atoms with van der Waals surface area (Å²) in [5.41, 5.74) is 5.02. The lowest BCUT2D eigenvalue weighted by Gasteiger charge is -2.34. The average Bonchev–Trinajstić information content (AvgIpc) is 3.16. The van der Waals surface area contributed by atoms with Crippen LogP contribution in [-0.2, 0) is 9.59 Å². The number of rotatable bonds is 4. The van der Waals surface area contributed by atoms with E-state index in [2.05, 4.69) is 32.8 Å². The van der Waals surface area contributed by atoms with Gasteiger partial charge in [-0.25, -0.2) is 0 Å². The number of aryl methyl sites for hydroxylation is 2. The molecule has 5 rings (SSSR count). The Labute approximate surface area is 225 Å². The molecule has 0 aliphatic carbocycles. The highest BCUT2D eigenvalue weighted by Crippen LogP contribution is 2.43. The van der Waals surface area contributed by atoms with Crippen LogP contribution in [0.15, 0.2) is 76.8 Å². The Bertz CT molecular complexity index is 1390. The van der Waals surface area contributed by atoms with Gasteiger partial charge in [-0.15, -0.1) is 0 Å². The fraction of sp³-hybridized carbons (Fsp3) is 0.267. The number of aliphatic hydroxyl groups excluding tert-OH is 1. The summed E-state index contributed by atoms with van der Waals surface area (Å²) in [5.74, 6) is -1.50. The minimum Gasteiger partial charge on any atom is -0.507 e. The number of ketones is 1.